The van der Waals surface area contributed by atoms with E-state index >= 15 is 0 Å². The first-order valence-corrected chi connectivity index (χ1v) is 9.49. The van der Waals surface area contributed by atoms with Crippen LogP contribution in [-0.2, 0) is 11.3 Å². The molecule has 0 radical (unpaired) electrons. The monoisotopic (exact) mass is 359 g/mol. The summed E-state index contributed by atoms with van der Waals surface area (Å²) in [6, 6.07) is 3.39. The number of amides is 2. The van der Waals surface area contributed by atoms with E-state index in [1.165, 1.54) is 6.26 Å². The molecule has 1 atom stereocenters. The van der Waals surface area contributed by atoms with Gasteiger partial charge in [0.2, 0.25) is 5.91 Å². The van der Waals surface area contributed by atoms with Gasteiger partial charge in [-0.25, -0.2) is 4.98 Å². The highest BCUT2D eigenvalue weighted by molar-refractivity contribution is 7.09. The van der Waals surface area contributed by atoms with E-state index in [0.717, 1.165) is 36.5 Å². The van der Waals surface area contributed by atoms with Gasteiger partial charge >= 0.3 is 0 Å². The molecule has 1 spiro atoms. The number of piperidine rings is 1. The van der Waals surface area contributed by atoms with E-state index in [9.17, 15) is 9.59 Å². The van der Waals surface area contributed by atoms with Gasteiger partial charge in [-0.1, -0.05) is 0 Å². The number of hydrogen-bond donors (Lipinski definition) is 0. The van der Waals surface area contributed by atoms with E-state index in [-0.39, 0.29) is 11.8 Å². The maximum Gasteiger partial charge on any atom is 0.289 e. The van der Waals surface area contributed by atoms with Crippen LogP contribution in [0, 0.1) is 12.3 Å². The van der Waals surface area contributed by atoms with E-state index in [1.54, 1.807) is 28.4 Å². The summed E-state index contributed by atoms with van der Waals surface area (Å²) in [6.45, 7) is 4.44. The summed E-state index contributed by atoms with van der Waals surface area (Å²) in [7, 11) is 0. The Hall–Kier alpha value is -2.15. The van der Waals surface area contributed by atoms with Crippen molar-refractivity contribution in [2.24, 2.45) is 5.41 Å². The number of furan rings is 1. The molecule has 2 aliphatic rings. The van der Waals surface area contributed by atoms with Crippen LogP contribution in [0.5, 0.6) is 0 Å². The molecule has 0 bridgehead atoms. The van der Waals surface area contributed by atoms with Crippen LogP contribution in [0.15, 0.2) is 28.2 Å². The average Bonchev–Trinajstić information content (AvgIpc) is 3.34. The first-order valence-electron chi connectivity index (χ1n) is 8.61. The Labute approximate surface area is 150 Å². The smallest absolute Gasteiger partial charge is 0.289 e. The summed E-state index contributed by atoms with van der Waals surface area (Å²) in [6.07, 6.45) is 4.00. The first kappa shape index (κ1) is 16.3. The number of nitrogens with zero attached hydrogens (tertiary/aromatic N) is 3. The van der Waals surface area contributed by atoms with Gasteiger partial charge in [-0.05, 0) is 38.3 Å². The molecular weight excluding hydrogens is 338 g/mol. The topological polar surface area (TPSA) is 66.7 Å². The maximum atomic E-state index is 13.1. The van der Waals surface area contributed by atoms with E-state index in [4.69, 9.17) is 4.42 Å². The standard InChI is InChI=1S/C18H21N3O3S/c1-13-19-14(11-25-13)10-20-8-6-18(17(20)23)5-3-7-21(12-18)16(22)15-4-2-9-24-15/h2,4,9,11H,3,5-8,10,12H2,1H3. The molecule has 2 aliphatic heterocycles. The van der Waals surface area contributed by atoms with Gasteiger partial charge < -0.3 is 14.2 Å². The molecule has 2 saturated heterocycles. The molecule has 7 heteroatoms. The molecule has 25 heavy (non-hydrogen) atoms. The second-order valence-electron chi connectivity index (χ2n) is 6.92. The van der Waals surface area contributed by atoms with Crippen LogP contribution >= 0.6 is 11.3 Å². The molecule has 2 fully saturated rings. The molecule has 2 amide bonds. The lowest BCUT2D eigenvalue weighted by Crippen LogP contribution is -2.49. The zero-order chi connectivity index (χ0) is 17.4. The molecule has 132 valence electrons. The Balaban J connectivity index is 1.48. The number of aromatic nitrogens is 1. The molecule has 4 rings (SSSR count). The molecule has 4 heterocycles. The lowest BCUT2D eigenvalue weighted by Gasteiger charge is -2.38. The second-order valence-corrected chi connectivity index (χ2v) is 7.98. The predicted molar refractivity (Wildman–Crippen MR) is 93.2 cm³/mol. The molecule has 0 N–H and O–H groups in total. The Bertz CT molecular complexity index is 785. The fourth-order valence-corrected chi connectivity index (χ4v) is 4.56. The highest BCUT2D eigenvalue weighted by Gasteiger charge is 2.49. The summed E-state index contributed by atoms with van der Waals surface area (Å²) in [5.41, 5.74) is 0.512. The molecule has 0 saturated carbocycles. The normalized spacial score (nSPS) is 23.6. The Morgan fingerprint density at radius 3 is 3.00 bits per heavy atom. The Morgan fingerprint density at radius 2 is 2.28 bits per heavy atom. The zero-order valence-electron chi connectivity index (χ0n) is 14.2. The quantitative estimate of drug-likeness (QED) is 0.845. The van der Waals surface area contributed by atoms with Gasteiger partial charge in [-0.3, -0.25) is 9.59 Å². The van der Waals surface area contributed by atoms with Crippen LogP contribution in [0.1, 0.15) is 40.5 Å². The number of rotatable bonds is 3. The van der Waals surface area contributed by atoms with Crippen LogP contribution < -0.4 is 0 Å². The SMILES string of the molecule is Cc1nc(CN2CCC3(CCCN(C(=O)c4ccco4)C3)C2=O)cs1. The van der Waals surface area contributed by atoms with E-state index in [2.05, 4.69) is 4.98 Å². The summed E-state index contributed by atoms with van der Waals surface area (Å²) >= 11 is 1.61. The highest BCUT2D eigenvalue weighted by Crippen LogP contribution is 2.41. The first-order chi connectivity index (χ1) is 12.1. The van der Waals surface area contributed by atoms with E-state index in [1.807, 2.05) is 17.2 Å². The lowest BCUT2D eigenvalue weighted by molar-refractivity contribution is -0.138. The van der Waals surface area contributed by atoms with Crippen LogP contribution in [0.2, 0.25) is 0 Å². The van der Waals surface area contributed by atoms with Crippen molar-refractivity contribution in [3.63, 3.8) is 0 Å². The maximum absolute atomic E-state index is 13.1. The number of hydrogen-bond acceptors (Lipinski definition) is 5. The zero-order valence-corrected chi connectivity index (χ0v) is 15.1. The van der Waals surface area contributed by atoms with Crippen molar-refractivity contribution in [1.82, 2.24) is 14.8 Å². The van der Waals surface area contributed by atoms with Crippen molar-refractivity contribution in [3.8, 4) is 0 Å². The van der Waals surface area contributed by atoms with Crippen LogP contribution in [0.25, 0.3) is 0 Å². The molecule has 0 aromatic carbocycles. The third-order valence-corrected chi connectivity index (χ3v) is 6.04. The van der Waals surface area contributed by atoms with Gasteiger partial charge in [0.1, 0.15) is 0 Å². The van der Waals surface area contributed by atoms with Crippen molar-refractivity contribution >= 4 is 23.2 Å². The molecule has 6 nitrogen and oxygen atoms in total. The van der Waals surface area contributed by atoms with Crippen molar-refractivity contribution in [2.75, 3.05) is 19.6 Å². The third-order valence-electron chi connectivity index (χ3n) is 5.22. The van der Waals surface area contributed by atoms with Gasteiger partial charge in [0.15, 0.2) is 5.76 Å². The van der Waals surface area contributed by atoms with Gasteiger partial charge in [-0.15, -0.1) is 11.3 Å². The summed E-state index contributed by atoms with van der Waals surface area (Å²) in [5.74, 6) is 0.387. The fraction of sp³-hybridized carbons (Fsp3) is 0.500. The van der Waals surface area contributed by atoms with Crippen molar-refractivity contribution in [2.45, 2.75) is 32.7 Å². The minimum Gasteiger partial charge on any atom is -0.459 e. The molecule has 0 aliphatic carbocycles. The average molecular weight is 359 g/mol. The van der Waals surface area contributed by atoms with Crippen LogP contribution in [0.4, 0.5) is 0 Å². The van der Waals surface area contributed by atoms with Gasteiger partial charge in [0.05, 0.1) is 28.9 Å². The van der Waals surface area contributed by atoms with E-state index < -0.39 is 5.41 Å². The number of thiazole rings is 1. The minimum absolute atomic E-state index is 0.120. The van der Waals surface area contributed by atoms with Crippen LogP contribution in [-0.4, -0.2) is 46.2 Å². The number of aryl methyl sites for hydroxylation is 1. The van der Waals surface area contributed by atoms with Gasteiger partial charge in [0, 0.05) is 25.0 Å². The van der Waals surface area contributed by atoms with Crippen molar-refractivity contribution < 1.29 is 14.0 Å². The third kappa shape index (κ3) is 2.97. The predicted octanol–water partition coefficient (Wildman–Crippen LogP) is 2.70. The molecule has 2 aromatic rings. The Kier molecular flexibility index (Phi) is 4.11. The molecule has 2 aromatic heterocycles. The largest absolute Gasteiger partial charge is 0.459 e. The summed E-state index contributed by atoms with van der Waals surface area (Å²) in [5, 5.41) is 3.03. The summed E-state index contributed by atoms with van der Waals surface area (Å²) < 4.78 is 5.24. The number of carbonyl (C=O) groups is 2. The van der Waals surface area contributed by atoms with Crippen molar-refractivity contribution in [1.29, 1.82) is 0 Å². The second kappa shape index (κ2) is 6.29. The lowest BCUT2D eigenvalue weighted by atomic mass is 9.78. The highest BCUT2D eigenvalue weighted by atomic mass is 32.1. The molecular formula is C18H21N3O3S. The fourth-order valence-electron chi connectivity index (χ4n) is 3.96. The van der Waals surface area contributed by atoms with Crippen LogP contribution in [0.3, 0.4) is 0 Å². The van der Waals surface area contributed by atoms with Gasteiger partial charge in [0.25, 0.3) is 5.91 Å². The summed E-state index contributed by atoms with van der Waals surface area (Å²) in [4.78, 5) is 33.8. The number of likely N-dealkylation sites (tertiary alicyclic amines) is 2. The molecule has 1 unspecified atom stereocenters. The minimum atomic E-state index is -0.439. The van der Waals surface area contributed by atoms with Gasteiger partial charge in [-0.2, -0.15) is 0 Å². The van der Waals surface area contributed by atoms with Crippen molar-refractivity contribution in [3.05, 3.63) is 40.2 Å². The number of carbonyl (C=O) groups excluding carboxylic acids is 2. The Morgan fingerprint density at radius 1 is 1.40 bits per heavy atom. The van der Waals surface area contributed by atoms with E-state index in [0.29, 0.717) is 25.4 Å².